The molecule has 64 heavy (non-hydrogen) atoms. The molecule has 6 heteroatoms. The lowest BCUT2D eigenvalue weighted by molar-refractivity contribution is -0.151. The molecule has 0 saturated heterocycles. The van der Waals surface area contributed by atoms with Crippen molar-refractivity contribution >= 4 is 11.9 Å². The van der Waals surface area contributed by atoms with Gasteiger partial charge in [0.2, 0.25) is 5.91 Å². The van der Waals surface area contributed by atoms with Crippen molar-refractivity contribution in [3.8, 4) is 0 Å². The van der Waals surface area contributed by atoms with Crippen molar-refractivity contribution in [3.05, 3.63) is 12.2 Å². The Labute approximate surface area is 399 Å². The third kappa shape index (κ3) is 47.1. The normalized spacial score (nSPS) is 13.1. The standard InChI is InChI=1S/C58H113NO5/c1-4-7-10-13-16-19-22-25-27-28-30-32-35-38-41-44-47-50-56(61)55(53-60)59-57(62)52-54(49-46-43-40-37-34-31-24-21-18-15-12-9-6-3)64-58(63)51-48-45-42-39-36-33-29-26-23-20-17-14-11-8-5-2/h20,23,54-56,60-61H,4-19,21-22,24-53H2,1-3H3,(H,59,62)/b23-20-. The second-order valence-corrected chi connectivity index (χ2v) is 20.1. The van der Waals surface area contributed by atoms with E-state index in [2.05, 4.69) is 38.2 Å². The summed E-state index contributed by atoms with van der Waals surface area (Å²) in [5.41, 5.74) is 0. The van der Waals surface area contributed by atoms with E-state index in [9.17, 15) is 19.8 Å². The summed E-state index contributed by atoms with van der Waals surface area (Å²) in [6, 6.07) is -0.696. The highest BCUT2D eigenvalue weighted by Crippen LogP contribution is 2.19. The summed E-state index contributed by atoms with van der Waals surface area (Å²) in [6.45, 7) is 6.52. The van der Waals surface area contributed by atoms with Crippen molar-refractivity contribution < 1.29 is 24.5 Å². The van der Waals surface area contributed by atoms with E-state index in [0.717, 1.165) is 44.9 Å². The molecule has 1 amide bonds. The predicted molar refractivity (Wildman–Crippen MR) is 278 cm³/mol. The molecule has 0 bridgehead atoms. The van der Waals surface area contributed by atoms with E-state index >= 15 is 0 Å². The van der Waals surface area contributed by atoms with E-state index in [4.69, 9.17) is 4.74 Å². The molecule has 0 saturated carbocycles. The van der Waals surface area contributed by atoms with E-state index in [1.165, 1.54) is 231 Å². The van der Waals surface area contributed by atoms with Gasteiger partial charge in [-0.1, -0.05) is 270 Å². The fraction of sp³-hybridized carbons (Fsp3) is 0.931. The second kappa shape index (κ2) is 52.6. The predicted octanol–water partition coefficient (Wildman–Crippen LogP) is 17.7. The Morgan fingerprint density at radius 2 is 0.750 bits per heavy atom. The van der Waals surface area contributed by atoms with Gasteiger partial charge in [-0.2, -0.15) is 0 Å². The molecule has 3 atom stereocenters. The number of rotatable bonds is 53. The van der Waals surface area contributed by atoms with Crippen LogP contribution in [0.3, 0.4) is 0 Å². The SMILES string of the molecule is CCCCCC/C=C\CCCCCCCCCC(=O)OC(CCCCCCCCCCCCCCC)CC(=O)NC(CO)C(O)CCCCCCCCCCCCCCCCCCC. The monoisotopic (exact) mass is 904 g/mol. The van der Waals surface area contributed by atoms with Crippen LogP contribution in [-0.4, -0.2) is 46.9 Å². The highest BCUT2D eigenvalue weighted by Gasteiger charge is 2.24. The zero-order valence-corrected chi connectivity index (χ0v) is 43.4. The first-order valence-electron chi connectivity index (χ1n) is 28.9. The van der Waals surface area contributed by atoms with Crippen LogP contribution in [0.5, 0.6) is 0 Å². The van der Waals surface area contributed by atoms with Gasteiger partial charge in [-0.15, -0.1) is 0 Å². The third-order valence-electron chi connectivity index (χ3n) is 13.6. The van der Waals surface area contributed by atoms with Crippen molar-refractivity contribution in [2.75, 3.05) is 6.61 Å². The van der Waals surface area contributed by atoms with Crippen LogP contribution in [0.2, 0.25) is 0 Å². The molecule has 0 radical (unpaired) electrons. The molecule has 3 unspecified atom stereocenters. The quantitative estimate of drug-likeness (QED) is 0.0321. The molecule has 0 fully saturated rings. The van der Waals surface area contributed by atoms with Crippen LogP contribution in [-0.2, 0) is 14.3 Å². The number of carbonyl (C=O) groups excluding carboxylic acids is 2. The van der Waals surface area contributed by atoms with Crippen LogP contribution in [0.4, 0.5) is 0 Å². The minimum absolute atomic E-state index is 0.0837. The maximum Gasteiger partial charge on any atom is 0.306 e. The third-order valence-corrected chi connectivity index (χ3v) is 13.6. The van der Waals surface area contributed by atoms with Crippen LogP contribution < -0.4 is 5.32 Å². The first-order chi connectivity index (χ1) is 31.5. The summed E-state index contributed by atoms with van der Waals surface area (Å²) in [5.74, 6) is -0.456. The number of esters is 1. The lowest BCUT2D eigenvalue weighted by Gasteiger charge is -2.24. The first-order valence-corrected chi connectivity index (χ1v) is 28.9. The molecular weight excluding hydrogens is 791 g/mol. The van der Waals surface area contributed by atoms with Crippen LogP contribution in [0, 0.1) is 0 Å². The smallest absolute Gasteiger partial charge is 0.306 e. The molecule has 6 nitrogen and oxygen atoms in total. The Hall–Kier alpha value is -1.40. The number of hydrogen-bond donors (Lipinski definition) is 3. The average molecular weight is 905 g/mol. The maximum atomic E-state index is 13.3. The van der Waals surface area contributed by atoms with Crippen molar-refractivity contribution in [1.82, 2.24) is 5.32 Å². The molecular formula is C58H113NO5. The fourth-order valence-corrected chi connectivity index (χ4v) is 9.19. The van der Waals surface area contributed by atoms with E-state index in [-0.39, 0.29) is 24.9 Å². The summed E-state index contributed by atoms with van der Waals surface area (Å²) < 4.78 is 5.96. The molecule has 0 spiro atoms. The van der Waals surface area contributed by atoms with E-state index in [0.29, 0.717) is 19.3 Å². The highest BCUT2D eigenvalue weighted by atomic mass is 16.5. The van der Waals surface area contributed by atoms with Crippen LogP contribution >= 0.6 is 0 Å². The summed E-state index contributed by atoms with van der Waals surface area (Å²) in [6.07, 6.45) is 59.9. The van der Waals surface area contributed by atoms with Gasteiger partial charge in [0.15, 0.2) is 0 Å². The number of ether oxygens (including phenoxy) is 1. The van der Waals surface area contributed by atoms with E-state index < -0.39 is 18.2 Å². The summed E-state index contributed by atoms with van der Waals surface area (Å²) in [5, 5.41) is 23.9. The van der Waals surface area contributed by atoms with E-state index in [1.807, 2.05) is 0 Å². The molecule has 0 heterocycles. The topological polar surface area (TPSA) is 95.9 Å². The Kier molecular flexibility index (Phi) is 51.4. The van der Waals surface area contributed by atoms with Gasteiger partial charge in [0, 0.05) is 6.42 Å². The minimum atomic E-state index is -0.783. The number of unbranched alkanes of at least 4 members (excludes halogenated alkanes) is 39. The summed E-state index contributed by atoms with van der Waals surface area (Å²) in [4.78, 5) is 26.2. The molecule has 0 aliphatic rings. The fourth-order valence-electron chi connectivity index (χ4n) is 9.19. The Bertz CT molecular complexity index is 970. The van der Waals surface area contributed by atoms with Gasteiger partial charge in [0.05, 0.1) is 25.2 Å². The number of amides is 1. The highest BCUT2D eigenvalue weighted by molar-refractivity contribution is 5.77. The second-order valence-electron chi connectivity index (χ2n) is 20.1. The van der Waals surface area contributed by atoms with Crippen molar-refractivity contribution in [3.63, 3.8) is 0 Å². The molecule has 3 N–H and O–H groups in total. The van der Waals surface area contributed by atoms with Gasteiger partial charge < -0.3 is 20.3 Å². The number of hydrogen-bond acceptors (Lipinski definition) is 5. The molecule has 0 aliphatic carbocycles. The van der Waals surface area contributed by atoms with Gasteiger partial charge in [-0.3, -0.25) is 9.59 Å². The first kappa shape index (κ1) is 62.6. The van der Waals surface area contributed by atoms with Gasteiger partial charge in [0.1, 0.15) is 6.10 Å². The number of aliphatic hydroxyl groups excluding tert-OH is 2. The molecule has 0 aromatic rings. The van der Waals surface area contributed by atoms with Crippen molar-refractivity contribution in [2.45, 2.75) is 341 Å². The molecule has 0 rings (SSSR count). The zero-order valence-electron chi connectivity index (χ0n) is 43.4. The number of allylic oxidation sites excluding steroid dienone is 2. The Morgan fingerprint density at radius 1 is 0.438 bits per heavy atom. The van der Waals surface area contributed by atoms with E-state index in [1.54, 1.807) is 0 Å². The summed E-state index contributed by atoms with van der Waals surface area (Å²) in [7, 11) is 0. The zero-order chi connectivity index (χ0) is 46.7. The Balaban J connectivity index is 4.46. The van der Waals surface area contributed by atoms with Crippen LogP contribution in [0.15, 0.2) is 12.2 Å². The maximum absolute atomic E-state index is 13.3. The lowest BCUT2D eigenvalue weighted by atomic mass is 10.0. The molecule has 0 aliphatic heterocycles. The Morgan fingerprint density at radius 3 is 1.12 bits per heavy atom. The van der Waals surface area contributed by atoms with Gasteiger partial charge in [-0.05, 0) is 51.4 Å². The molecule has 380 valence electrons. The largest absolute Gasteiger partial charge is 0.462 e. The summed E-state index contributed by atoms with van der Waals surface area (Å²) >= 11 is 0. The van der Waals surface area contributed by atoms with Gasteiger partial charge in [0.25, 0.3) is 0 Å². The van der Waals surface area contributed by atoms with Crippen LogP contribution in [0.25, 0.3) is 0 Å². The van der Waals surface area contributed by atoms with Gasteiger partial charge in [-0.25, -0.2) is 0 Å². The van der Waals surface area contributed by atoms with Crippen molar-refractivity contribution in [1.29, 1.82) is 0 Å². The van der Waals surface area contributed by atoms with Crippen molar-refractivity contribution in [2.24, 2.45) is 0 Å². The number of aliphatic hydroxyl groups is 2. The lowest BCUT2D eigenvalue weighted by Crippen LogP contribution is -2.46. The number of nitrogens with one attached hydrogen (secondary N) is 1. The minimum Gasteiger partial charge on any atom is -0.462 e. The van der Waals surface area contributed by atoms with Crippen LogP contribution in [0.1, 0.15) is 323 Å². The number of carbonyl (C=O) groups is 2. The molecule has 0 aromatic heterocycles. The van der Waals surface area contributed by atoms with Gasteiger partial charge >= 0.3 is 5.97 Å². The molecule has 0 aromatic carbocycles. The average Bonchev–Trinajstić information content (AvgIpc) is 3.29.